The van der Waals surface area contributed by atoms with Crippen LogP contribution in [0, 0.1) is 6.92 Å². The molecular formula is C26H23N3O5. The molecule has 0 aliphatic heterocycles. The van der Waals surface area contributed by atoms with Gasteiger partial charge in [-0.25, -0.2) is 9.78 Å². The molecule has 0 saturated heterocycles. The van der Waals surface area contributed by atoms with Crippen molar-refractivity contribution in [2.75, 3.05) is 10.6 Å². The first-order valence-corrected chi connectivity index (χ1v) is 10.7. The van der Waals surface area contributed by atoms with E-state index < -0.39 is 18.0 Å². The van der Waals surface area contributed by atoms with Gasteiger partial charge in [0.2, 0.25) is 5.91 Å². The molecule has 2 heterocycles. The van der Waals surface area contributed by atoms with Gasteiger partial charge < -0.3 is 19.8 Å². The first-order chi connectivity index (χ1) is 16.3. The number of aromatic nitrogens is 1. The van der Waals surface area contributed by atoms with Crippen LogP contribution in [-0.4, -0.2) is 28.9 Å². The molecule has 2 aromatic heterocycles. The summed E-state index contributed by atoms with van der Waals surface area (Å²) in [5, 5.41) is 5.96. The van der Waals surface area contributed by atoms with Crippen molar-refractivity contribution in [2.45, 2.75) is 26.9 Å². The number of pyridine rings is 1. The van der Waals surface area contributed by atoms with Crippen molar-refractivity contribution < 1.29 is 23.5 Å². The van der Waals surface area contributed by atoms with E-state index in [1.165, 1.54) is 13.8 Å². The molecule has 1 atom stereocenters. The summed E-state index contributed by atoms with van der Waals surface area (Å²) in [7, 11) is 0. The molecule has 172 valence electrons. The second-order valence-electron chi connectivity index (χ2n) is 7.78. The van der Waals surface area contributed by atoms with Crippen molar-refractivity contribution in [1.82, 2.24) is 4.98 Å². The maximum Gasteiger partial charge on any atom is 0.339 e. The van der Waals surface area contributed by atoms with Crippen molar-refractivity contribution in [3.8, 4) is 11.5 Å². The number of carbonyl (C=O) groups excluding carboxylic acids is 3. The van der Waals surface area contributed by atoms with Crippen molar-refractivity contribution >= 4 is 40.1 Å². The number of hydrogen-bond donors (Lipinski definition) is 2. The summed E-state index contributed by atoms with van der Waals surface area (Å²) in [6, 6.07) is 19.0. The number of carbonyl (C=O) groups is 3. The van der Waals surface area contributed by atoms with Crippen LogP contribution in [0.4, 0.5) is 11.4 Å². The fourth-order valence-corrected chi connectivity index (χ4v) is 3.40. The Kier molecular flexibility index (Phi) is 6.40. The summed E-state index contributed by atoms with van der Waals surface area (Å²) < 4.78 is 11.2. The van der Waals surface area contributed by atoms with E-state index in [0.717, 1.165) is 5.76 Å². The average Bonchev–Trinajstić information content (AvgIpc) is 3.25. The molecule has 2 N–H and O–H groups in total. The second-order valence-corrected chi connectivity index (χ2v) is 7.78. The Morgan fingerprint density at radius 1 is 0.941 bits per heavy atom. The van der Waals surface area contributed by atoms with E-state index in [4.69, 9.17) is 9.15 Å². The Labute approximate surface area is 195 Å². The summed E-state index contributed by atoms with van der Waals surface area (Å²) >= 11 is 0. The monoisotopic (exact) mass is 457 g/mol. The minimum atomic E-state index is -1.05. The Bertz CT molecular complexity index is 1370. The minimum Gasteiger partial charge on any atom is -0.460 e. The third-order valence-corrected chi connectivity index (χ3v) is 5.05. The number of hydrogen-bond acceptors (Lipinski definition) is 6. The number of aryl methyl sites for hydroxylation is 1. The normalized spacial score (nSPS) is 11.6. The van der Waals surface area contributed by atoms with Gasteiger partial charge in [-0.15, -0.1) is 0 Å². The van der Waals surface area contributed by atoms with Gasteiger partial charge in [0.1, 0.15) is 11.5 Å². The van der Waals surface area contributed by atoms with E-state index in [0.29, 0.717) is 33.7 Å². The predicted octanol–water partition coefficient (Wildman–Crippen LogP) is 4.95. The van der Waals surface area contributed by atoms with Crippen LogP contribution < -0.4 is 10.6 Å². The smallest absolute Gasteiger partial charge is 0.339 e. The molecule has 0 spiro atoms. The van der Waals surface area contributed by atoms with Gasteiger partial charge in [-0.3, -0.25) is 9.59 Å². The molecule has 0 aliphatic carbocycles. The first kappa shape index (κ1) is 22.7. The number of para-hydroxylation sites is 1. The van der Waals surface area contributed by atoms with Crippen LogP contribution in [0.15, 0.2) is 71.1 Å². The zero-order valence-electron chi connectivity index (χ0n) is 18.9. The third-order valence-electron chi connectivity index (χ3n) is 5.05. The number of benzene rings is 2. The lowest BCUT2D eigenvalue weighted by atomic mass is 10.1. The average molecular weight is 457 g/mol. The highest BCUT2D eigenvalue weighted by molar-refractivity contribution is 6.06. The molecule has 8 heteroatoms. The summed E-state index contributed by atoms with van der Waals surface area (Å²) in [6.45, 7) is 4.74. The fourth-order valence-electron chi connectivity index (χ4n) is 3.40. The van der Waals surface area contributed by atoms with Crippen molar-refractivity contribution in [2.24, 2.45) is 0 Å². The Hall–Kier alpha value is -4.46. The number of anilines is 2. The molecule has 2 amide bonds. The summed E-state index contributed by atoms with van der Waals surface area (Å²) in [4.78, 5) is 41.4. The van der Waals surface area contributed by atoms with Gasteiger partial charge in [-0.05, 0) is 62.4 Å². The van der Waals surface area contributed by atoms with Crippen molar-refractivity contribution in [3.63, 3.8) is 0 Å². The zero-order valence-corrected chi connectivity index (χ0v) is 18.9. The van der Waals surface area contributed by atoms with Gasteiger partial charge >= 0.3 is 5.97 Å². The van der Waals surface area contributed by atoms with Gasteiger partial charge in [0.05, 0.1) is 11.1 Å². The van der Waals surface area contributed by atoms with E-state index in [1.807, 2.05) is 19.1 Å². The summed E-state index contributed by atoms with van der Waals surface area (Å²) in [5.74, 6) is -0.0609. The van der Waals surface area contributed by atoms with Gasteiger partial charge in [-0.2, -0.15) is 0 Å². The van der Waals surface area contributed by atoms with Crippen LogP contribution >= 0.6 is 0 Å². The third kappa shape index (κ3) is 5.12. The number of amides is 2. The van der Waals surface area contributed by atoms with Crippen LogP contribution in [0.25, 0.3) is 22.4 Å². The molecular weight excluding hydrogens is 434 g/mol. The fraction of sp³-hybridized carbons (Fsp3) is 0.154. The maximum absolute atomic E-state index is 13.1. The molecule has 0 fully saturated rings. The standard InChI is InChI=1S/C26H23N3O5/c1-15-8-13-24(33-15)23-14-21(20-6-4-5-7-22(20)29-23)26(32)34-16(2)25(31)28-19-11-9-18(10-12-19)27-17(3)30/h4-14,16H,1-3H3,(H,27,30)(H,28,31). The van der Waals surface area contributed by atoms with Crippen LogP contribution in [-0.2, 0) is 14.3 Å². The van der Waals surface area contributed by atoms with Crippen molar-refractivity contribution in [1.29, 1.82) is 0 Å². The molecule has 8 nitrogen and oxygen atoms in total. The molecule has 34 heavy (non-hydrogen) atoms. The largest absolute Gasteiger partial charge is 0.460 e. The molecule has 4 aromatic rings. The lowest BCUT2D eigenvalue weighted by Crippen LogP contribution is -2.30. The molecule has 2 aromatic carbocycles. The Balaban J connectivity index is 1.52. The SMILES string of the molecule is CC(=O)Nc1ccc(NC(=O)C(C)OC(=O)c2cc(-c3ccc(C)o3)nc3ccccc23)cc1. The predicted molar refractivity (Wildman–Crippen MR) is 128 cm³/mol. The van der Waals surface area contributed by atoms with Crippen LogP contribution in [0.3, 0.4) is 0 Å². The molecule has 0 aliphatic rings. The highest BCUT2D eigenvalue weighted by atomic mass is 16.5. The molecule has 0 radical (unpaired) electrons. The van der Waals surface area contributed by atoms with Gasteiger partial charge in [-0.1, -0.05) is 18.2 Å². The highest BCUT2D eigenvalue weighted by Crippen LogP contribution is 2.27. The second kappa shape index (κ2) is 9.58. The minimum absolute atomic E-state index is 0.189. The van der Waals surface area contributed by atoms with Crippen LogP contribution in [0.5, 0.6) is 0 Å². The Morgan fingerprint density at radius 2 is 1.62 bits per heavy atom. The highest BCUT2D eigenvalue weighted by Gasteiger charge is 2.22. The number of furan rings is 1. The maximum atomic E-state index is 13.1. The number of esters is 1. The van der Waals surface area contributed by atoms with E-state index >= 15 is 0 Å². The van der Waals surface area contributed by atoms with Gasteiger partial charge in [0, 0.05) is 23.7 Å². The van der Waals surface area contributed by atoms with Crippen molar-refractivity contribution in [3.05, 3.63) is 78.1 Å². The molecule has 4 rings (SSSR count). The summed E-state index contributed by atoms with van der Waals surface area (Å²) in [6.07, 6.45) is -1.05. The quantitative estimate of drug-likeness (QED) is 0.397. The van der Waals surface area contributed by atoms with E-state index in [1.54, 1.807) is 54.6 Å². The topological polar surface area (TPSA) is 111 Å². The van der Waals surface area contributed by atoms with Crippen LogP contribution in [0.1, 0.15) is 30.0 Å². The number of nitrogens with zero attached hydrogens (tertiary/aromatic N) is 1. The Morgan fingerprint density at radius 3 is 2.26 bits per heavy atom. The van der Waals surface area contributed by atoms with Crippen LogP contribution in [0.2, 0.25) is 0 Å². The van der Waals surface area contributed by atoms with E-state index in [2.05, 4.69) is 15.6 Å². The number of ether oxygens (including phenoxy) is 1. The summed E-state index contributed by atoms with van der Waals surface area (Å²) in [5.41, 5.74) is 2.50. The zero-order chi connectivity index (χ0) is 24.2. The van der Waals surface area contributed by atoms with E-state index in [-0.39, 0.29) is 11.5 Å². The molecule has 0 saturated carbocycles. The number of rotatable bonds is 6. The lowest BCUT2D eigenvalue weighted by molar-refractivity contribution is -0.123. The van der Waals surface area contributed by atoms with Gasteiger partial charge in [0.15, 0.2) is 11.9 Å². The first-order valence-electron chi connectivity index (χ1n) is 10.7. The van der Waals surface area contributed by atoms with Gasteiger partial charge in [0.25, 0.3) is 5.91 Å². The van der Waals surface area contributed by atoms with E-state index in [9.17, 15) is 14.4 Å². The lowest BCUT2D eigenvalue weighted by Gasteiger charge is -2.15. The molecule has 1 unspecified atom stereocenters. The number of nitrogens with one attached hydrogen (secondary N) is 2. The number of fused-ring (bicyclic) bond motifs is 1. The molecule has 0 bridgehead atoms.